The van der Waals surface area contributed by atoms with Gasteiger partial charge in [-0.05, 0) is 66.4 Å². The summed E-state index contributed by atoms with van der Waals surface area (Å²) in [6.07, 6.45) is 13.2. The Hall–Kier alpha value is -3.25. The van der Waals surface area contributed by atoms with E-state index in [4.69, 9.17) is 0 Å². The molecule has 3 atom stereocenters. The number of aliphatic hydroxyl groups excluding tert-OH is 1. The van der Waals surface area contributed by atoms with Crippen molar-refractivity contribution in [2.45, 2.75) is 88.9 Å². The minimum atomic E-state index is -0.552. The van der Waals surface area contributed by atoms with E-state index in [1.165, 1.54) is 6.07 Å². The highest BCUT2D eigenvalue weighted by Gasteiger charge is 2.31. The van der Waals surface area contributed by atoms with Crippen LogP contribution in [0.25, 0.3) is 16.5 Å². The van der Waals surface area contributed by atoms with E-state index >= 15 is 4.39 Å². The van der Waals surface area contributed by atoms with Crippen LogP contribution in [0.15, 0.2) is 53.7 Å². The van der Waals surface area contributed by atoms with Gasteiger partial charge in [-0.15, -0.1) is 0 Å². The van der Waals surface area contributed by atoms with Crippen LogP contribution < -0.4 is 5.32 Å². The number of hydrogen-bond donors (Lipinski definition) is 2. The zero-order chi connectivity index (χ0) is 26.2. The van der Waals surface area contributed by atoms with E-state index in [-0.39, 0.29) is 23.8 Å². The highest BCUT2D eigenvalue weighted by atomic mass is 19.1. The average Bonchev–Trinajstić information content (AvgIpc) is 3.54. The highest BCUT2D eigenvalue weighted by Crippen LogP contribution is 2.44. The van der Waals surface area contributed by atoms with E-state index in [2.05, 4.69) is 47.6 Å². The Kier molecular flexibility index (Phi) is 6.91. The van der Waals surface area contributed by atoms with Crippen LogP contribution >= 0.6 is 0 Å². The fourth-order valence-corrected chi connectivity index (χ4v) is 6.07. The van der Waals surface area contributed by atoms with Crippen LogP contribution in [0.1, 0.15) is 91.3 Å². The van der Waals surface area contributed by atoms with Gasteiger partial charge < -0.3 is 15.0 Å². The Morgan fingerprint density at radius 3 is 2.63 bits per heavy atom. The number of aliphatic hydroxyl groups is 1. The second-order valence-electron chi connectivity index (χ2n) is 11.2. The van der Waals surface area contributed by atoms with Gasteiger partial charge in [0.15, 0.2) is 0 Å². The van der Waals surface area contributed by atoms with E-state index in [1.54, 1.807) is 6.20 Å². The van der Waals surface area contributed by atoms with Crippen molar-refractivity contribution in [3.8, 4) is 0 Å². The maximum absolute atomic E-state index is 15.3. The summed E-state index contributed by atoms with van der Waals surface area (Å²) in [5.41, 5.74) is 5.67. The molecule has 1 amide bonds. The molecular weight excluding hydrogens is 477 g/mol. The summed E-state index contributed by atoms with van der Waals surface area (Å²) in [6, 6.07) is 11.8. The van der Waals surface area contributed by atoms with Crippen molar-refractivity contribution in [3.63, 3.8) is 0 Å². The first-order chi connectivity index (χ1) is 18.5. The monoisotopic (exact) mass is 513 g/mol. The Balaban J connectivity index is 1.31. The van der Waals surface area contributed by atoms with Crippen molar-refractivity contribution in [3.05, 3.63) is 76.7 Å². The number of aromatic nitrogens is 1. The van der Waals surface area contributed by atoms with Crippen molar-refractivity contribution < 1.29 is 14.3 Å². The smallest absolute Gasteiger partial charge is 0.253 e. The Bertz CT molecular complexity index is 1400. The van der Waals surface area contributed by atoms with Gasteiger partial charge in [-0.25, -0.2) is 4.39 Å². The number of aliphatic imine (C=N–C) groups is 1. The summed E-state index contributed by atoms with van der Waals surface area (Å²) in [6.45, 7) is 2.72. The number of benzene rings is 2. The molecule has 1 aliphatic heterocycles. The SMILES string of the molecule is CCCC1C=C(c2ccc(Cn3cc(C(=O)N[C@H]4CCCC[C@@H]4O)c4c(F)ccc(C5CC5)c43)cc2)C=N1. The second-order valence-corrected chi connectivity index (χ2v) is 11.2. The first-order valence-corrected chi connectivity index (χ1v) is 14.2. The molecule has 1 aromatic heterocycles. The fraction of sp³-hybridized carbons (Fsp3) is 0.438. The molecule has 2 N–H and O–H groups in total. The molecule has 38 heavy (non-hydrogen) atoms. The van der Waals surface area contributed by atoms with Crippen LogP contribution in [0.5, 0.6) is 0 Å². The van der Waals surface area contributed by atoms with Gasteiger partial charge in [-0.1, -0.05) is 62.6 Å². The van der Waals surface area contributed by atoms with Gasteiger partial charge in [-0.3, -0.25) is 9.79 Å². The molecule has 5 nitrogen and oxygen atoms in total. The van der Waals surface area contributed by atoms with E-state index in [0.717, 1.165) is 72.7 Å². The van der Waals surface area contributed by atoms with Gasteiger partial charge in [0.2, 0.25) is 0 Å². The topological polar surface area (TPSA) is 66.6 Å². The van der Waals surface area contributed by atoms with Crippen LogP contribution in [0.2, 0.25) is 0 Å². The number of halogens is 1. The van der Waals surface area contributed by atoms with Gasteiger partial charge in [0.05, 0.1) is 29.3 Å². The summed E-state index contributed by atoms with van der Waals surface area (Å²) < 4.78 is 17.4. The Morgan fingerprint density at radius 2 is 1.89 bits per heavy atom. The van der Waals surface area contributed by atoms with E-state index < -0.39 is 6.10 Å². The van der Waals surface area contributed by atoms with Gasteiger partial charge in [0.25, 0.3) is 5.91 Å². The summed E-state index contributed by atoms with van der Waals surface area (Å²) in [7, 11) is 0. The number of nitrogens with one attached hydrogen (secondary N) is 1. The van der Waals surface area contributed by atoms with E-state index in [1.807, 2.05) is 16.8 Å². The predicted molar refractivity (Wildman–Crippen MR) is 150 cm³/mol. The molecule has 0 spiro atoms. The molecule has 0 saturated heterocycles. The number of hydrogen-bond acceptors (Lipinski definition) is 3. The third-order valence-corrected chi connectivity index (χ3v) is 8.31. The van der Waals surface area contributed by atoms with E-state index in [0.29, 0.717) is 29.8 Å². The summed E-state index contributed by atoms with van der Waals surface area (Å²) in [5.74, 6) is -0.271. The van der Waals surface area contributed by atoms with Gasteiger partial charge in [0, 0.05) is 24.3 Å². The molecule has 6 rings (SSSR count). The average molecular weight is 514 g/mol. The molecule has 6 heteroatoms. The standard InChI is InChI=1S/C32H36FN3O2/c1-2-5-24-16-23(17-34-24)21-10-8-20(9-11-21)18-36-19-26(32(38)35-28-6-3-4-7-29(28)37)30-27(33)15-14-25(31(30)36)22-12-13-22/h8-11,14-17,19,22,24,28-29,37H,2-7,12-13,18H2,1H3,(H,35,38)/t24?,28-,29-/m0/s1. The summed E-state index contributed by atoms with van der Waals surface area (Å²) in [4.78, 5) is 18.0. The van der Waals surface area contributed by atoms with Crippen LogP contribution in [0, 0.1) is 5.82 Å². The first-order valence-electron chi connectivity index (χ1n) is 14.2. The second kappa shape index (κ2) is 10.5. The minimum Gasteiger partial charge on any atom is -0.391 e. The quantitative estimate of drug-likeness (QED) is 0.367. The molecule has 198 valence electrons. The molecular formula is C32H36FN3O2. The van der Waals surface area contributed by atoms with Gasteiger partial charge >= 0.3 is 0 Å². The number of amides is 1. The lowest BCUT2D eigenvalue weighted by Crippen LogP contribution is -2.45. The number of carbonyl (C=O) groups is 1. The molecule has 2 aromatic carbocycles. The highest BCUT2D eigenvalue weighted by molar-refractivity contribution is 6.12. The van der Waals surface area contributed by atoms with E-state index in [9.17, 15) is 9.90 Å². The molecule has 2 saturated carbocycles. The van der Waals surface area contributed by atoms with Crippen molar-refractivity contribution in [2.75, 3.05) is 0 Å². The molecule has 1 unspecified atom stereocenters. The lowest BCUT2D eigenvalue weighted by molar-refractivity contribution is 0.0718. The van der Waals surface area contributed by atoms with Crippen molar-refractivity contribution >= 4 is 28.6 Å². The Labute approximate surface area is 223 Å². The molecule has 2 fully saturated rings. The zero-order valence-electron chi connectivity index (χ0n) is 22.0. The fourth-order valence-electron chi connectivity index (χ4n) is 6.07. The molecule has 3 aromatic rings. The van der Waals surface area contributed by atoms with Gasteiger partial charge in [0.1, 0.15) is 5.82 Å². The number of fused-ring (bicyclic) bond motifs is 1. The normalized spacial score (nSPS) is 23.1. The molecule has 0 radical (unpaired) electrons. The minimum absolute atomic E-state index is 0.274. The zero-order valence-corrected chi connectivity index (χ0v) is 22.0. The largest absolute Gasteiger partial charge is 0.391 e. The third kappa shape index (κ3) is 4.94. The molecule has 2 heterocycles. The number of allylic oxidation sites excluding steroid dienone is 1. The lowest BCUT2D eigenvalue weighted by Gasteiger charge is -2.28. The molecule has 3 aliphatic rings. The van der Waals surface area contributed by atoms with Crippen LogP contribution in [-0.4, -0.2) is 40.0 Å². The Morgan fingerprint density at radius 1 is 1.11 bits per heavy atom. The third-order valence-electron chi connectivity index (χ3n) is 8.31. The van der Waals surface area contributed by atoms with Gasteiger partial charge in [-0.2, -0.15) is 0 Å². The maximum Gasteiger partial charge on any atom is 0.253 e. The number of carbonyl (C=O) groups excluding carboxylic acids is 1. The van der Waals surface area contributed by atoms with Crippen LogP contribution in [0.4, 0.5) is 4.39 Å². The van der Waals surface area contributed by atoms with Crippen molar-refractivity contribution in [1.82, 2.24) is 9.88 Å². The summed E-state index contributed by atoms with van der Waals surface area (Å²) >= 11 is 0. The summed E-state index contributed by atoms with van der Waals surface area (Å²) in [5, 5.41) is 13.8. The predicted octanol–water partition coefficient (Wildman–Crippen LogP) is 6.38. The first kappa shape index (κ1) is 25.1. The van der Waals surface area contributed by atoms with Crippen molar-refractivity contribution in [2.24, 2.45) is 4.99 Å². The number of rotatable bonds is 8. The van der Waals surface area contributed by atoms with Crippen LogP contribution in [-0.2, 0) is 6.54 Å². The lowest BCUT2D eigenvalue weighted by atomic mass is 9.92. The number of nitrogens with zero attached hydrogens (tertiary/aromatic N) is 2. The molecule has 2 aliphatic carbocycles. The molecule has 0 bridgehead atoms. The van der Waals surface area contributed by atoms with Crippen LogP contribution in [0.3, 0.4) is 0 Å². The maximum atomic E-state index is 15.3. The van der Waals surface area contributed by atoms with Crippen molar-refractivity contribution in [1.29, 1.82) is 0 Å².